The van der Waals surface area contributed by atoms with E-state index in [1.807, 2.05) is 0 Å². The van der Waals surface area contributed by atoms with E-state index >= 15 is 0 Å². The summed E-state index contributed by atoms with van der Waals surface area (Å²) in [7, 11) is -14.6. The van der Waals surface area contributed by atoms with Crippen LogP contribution in [0, 0.1) is 0 Å². The minimum absolute atomic E-state index is 0.181. The molecule has 0 unspecified atom stereocenters. The molecule has 0 saturated heterocycles. The van der Waals surface area contributed by atoms with Crippen molar-refractivity contribution in [1.82, 2.24) is 4.31 Å². The Morgan fingerprint density at radius 1 is 0.628 bits per heavy atom. The molecule has 0 spiro atoms. The number of sulfonamides is 1. The van der Waals surface area contributed by atoms with Gasteiger partial charge in [-0.1, -0.05) is 0 Å². The monoisotopic (exact) mass is 728 g/mol. The minimum Gasteiger partial charge on any atom is -0.748 e. The average molecular weight is 729 g/mol. The largest absolute Gasteiger partial charge is 0.748 e. The van der Waals surface area contributed by atoms with Crippen LogP contribution < -0.4 is 0 Å². The van der Waals surface area contributed by atoms with Crippen LogP contribution in [0.5, 0.6) is 0 Å². The first-order valence-corrected chi connectivity index (χ1v) is 15.8. The molecule has 0 saturated carbocycles. The summed E-state index contributed by atoms with van der Waals surface area (Å²) >= 11 is 0. The molecule has 0 fully saturated rings. The molecule has 0 aliphatic heterocycles. The van der Waals surface area contributed by atoms with Gasteiger partial charge in [0.2, 0.25) is 0 Å². The van der Waals surface area contributed by atoms with E-state index in [1.54, 1.807) is 0 Å². The van der Waals surface area contributed by atoms with E-state index in [2.05, 4.69) is 0 Å². The summed E-state index contributed by atoms with van der Waals surface area (Å²) in [4.78, 5) is 0. The fourth-order valence-corrected chi connectivity index (χ4v) is 5.80. The third-order valence-electron chi connectivity index (χ3n) is 5.71. The molecule has 0 radical (unpaired) electrons. The molecule has 1 N–H and O–H groups in total. The Kier molecular flexibility index (Phi) is 12.5. The Hall–Kier alpha value is -1.22. The summed E-state index contributed by atoms with van der Waals surface area (Å²) in [5.41, 5.74) is 0. The molecule has 26 heteroatoms. The minimum atomic E-state index is -8.39. The number of hydrogen-bond donors (Lipinski definition) is 1. The predicted molar refractivity (Wildman–Crippen MR) is 118 cm³/mol. The van der Waals surface area contributed by atoms with E-state index in [1.165, 1.54) is 14.1 Å². The molecule has 260 valence electrons. The highest BCUT2D eigenvalue weighted by Crippen LogP contribution is 2.61. The lowest BCUT2D eigenvalue weighted by molar-refractivity contribution is -0.890. The van der Waals surface area contributed by atoms with Crippen molar-refractivity contribution in [1.29, 1.82) is 0 Å². The quantitative estimate of drug-likeness (QED) is 0.129. The molecule has 0 atom stereocenters. The number of hydrogen-bond acceptors (Lipinski definition) is 7. The predicted octanol–water partition coefficient (Wildman–Crippen LogP) is 2.99. The second-order valence-electron chi connectivity index (χ2n) is 9.71. The van der Waals surface area contributed by atoms with Crippen molar-refractivity contribution in [2.45, 2.75) is 54.4 Å². The Balaban J connectivity index is 6.49. The molecule has 0 aromatic carbocycles. The van der Waals surface area contributed by atoms with Crippen molar-refractivity contribution in [2.24, 2.45) is 0 Å². The normalized spacial score (nSPS) is 15.8. The molecule has 0 amide bonds. The van der Waals surface area contributed by atoms with Crippen molar-refractivity contribution in [3.63, 3.8) is 0 Å². The fraction of sp³-hybridized carbons (Fsp3) is 1.00. The number of quaternary nitrogens is 1. The Labute approximate surface area is 236 Å². The van der Waals surface area contributed by atoms with Gasteiger partial charge in [-0.2, -0.15) is 69.8 Å². The Bertz CT molecular complexity index is 1290. The maximum absolute atomic E-state index is 14.6. The highest BCUT2D eigenvalue weighted by molar-refractivity contribution is 7.90. The van der Waals surface area contributed by atoms with Crippen LogP contribution in [0.15, 0.2) is 0 Å². The zero-order valence-corrected chi connectivity index (χ0v) is 24.2. The van der Waals surface area contributed by atoms with E-state index in [0.717, 1.165) is 0 Å². The summed E-state index contributed by atoms with van der Waals surface area (Å²) in [5.74, 6) is -35.4. The first-order chi connectivity index (χ1) is 18.5. The fourth-order valence-electron chi connectivity index (χ4n) is 3.31. The molecule has 43 heavy (non-hydrogen) atoms. The Morgan fingerprint density at radius 3 is 1.42 bits per heavy atom. The second kappa shape index (κ2) is 12.9. The zero-order chi connectivity index (χ0) is 34.9. The van der Waals surface area contributed by atoms with E-state index in [0.29, 0.717) is 0 Å². The highest BCUT2D eigenvalue weighted by Gasteiger charge is 2.92. The second-order valence-corrected chi connectivity index (χ2v) is 14.8. The zero-order valence-electron chi connectivity index (χ0n) is 21.7. The van der Waals surface area contributed by atoms with Crippen LogP contribution >= 0.6 is 0 Å². The molecule has 0 aromatic rings. The van der Waals surface area contributed by atoms with Gasteiger partial charge in [-0.3, -0.25) is 4.55 Å². The van der Waals surface area contributed by atoms with Crippen molar-refractivity contribution < 1.29 is 95.9 Å². The van der Waals surface area contributed by atoms with E-state index in [9.17, 15) is 86.9 Å². The maximum Gasteiger partial charge on any atom is 0.460 e. The third kappa shape index (κ3) is 9.40. The summed E-state index contributed by atoms with van der Waals surface area (Å²) in [6, 6.07) is 0. The van der Waals surface area contributed by atoms with Gasteiger partial charge in [0, 0.05) is 31.7 Å². The Morgan fingerprint density at radius 2 is 1.02 bits per heavy atom. The summed E-state index contributed by atoms with van der Waals surface area (Å²) in [5, 5.41) is -7.54. The standard InChI is InChI=1S/C17H25F13N2O8S3/c1-32(2,9-5-11-42(36,37)38)8-3-6-31(7-4-10-41(33,34)35)43(39,40)17(29,30)15(24,25)13(20,21)12(18,19)14(22,23)16(26,27)28/h3-11H2,1-2H3,(H-,33,34,35,36,37,38). The number of alkyl halides is 13. The number of nitrogens with zero attached hydrogens (tertiary/aromatic N) is 2. The summed E-state index contributed by atoms with van der Waals surface area (Å²) in [6.45, 7) is -3.67. The van der Waals surface area contributed by atoms with Crippen molar-refractivity contribution >= 4 is 30.3 Å². The highest BCUT2D eigenvalue weighted by atomic mass is 32.2. The van der Waals surface area contributed by atoms with Gasteiger partial charge in [0.15, 0.2) is 0 Å². The number of halogens is 13. The molecule has 0 aliphatic carbocycles. The lowest BCUT2D eigenvalue weighted by atomic mass is 9.98. The molecule has 0 heterocycles. The SMILES string of the molecule is C[N+](C)(CCCN(CCCS(=O)(=O)O)S(=O)(=O)C(F)(F)C(F)(F)C(F)(F)C(F)(F)C(F)(F)C(F)(F)F)CCCS(=O)(=O)[O-]. The van der Waals surface area contributed by atoms with Crippen LogP contribution in [-0.4, -0.2) is 130 Å². The summed E-state index contributed by atoms with van der Waals surface area (Å²) < 4.78 is 261. The molecular weight excluding hydrogens is 703 g/mol. The smallest absolute Gasteiger partial charge is 0.460 e. The van der Waals surface area contributed by atoms with Gasteiger partial charge in [0.25, 0.3) is 20.1 Å². The maximum atomic E-state index is 14.6. The van der Waals surface area contributed by atoms with Gasteiger partial charge < -0.3 is 9.04 Å². The van der Waals surface area contributed by atoms with Gasteiger partial charge in [-0.25, -0.2) is 16.8 Å². The summed E-state index contributed by atoms with van der Waals surface area (Å²) in [6.07, 6.45) is -10.0. The molecule has 0 bridgehead atoms. The average Bonchev–Trinajstić information content (AvgIpc) is 2.74. The van der Waals surface area contributed by atoms with Gasteiger partial charge in [-0.15, -0.1) is 0 Å². The van der Waals surface area contributed by atoms with Crippen LogP contribution in [0.25, 0.3) is 0 Å². The van der Waals surface area contributed by atoms with Crippen LogP contribution in [0.3, 0.4) is 0 Å². The lowest BCUT2D eigenvalue weighted by Gasteiger charge is -2.40. The van der Waals surface area contributed by atoms with Gasteiger partial charge in [0.1, 0.15) is 0 Å². The van der Waals surface area contributed by atoms with Crippen LogP contribution in [0.4, 0.5) is 57.1 Å². The lowest BCUT2D eigenvalue weighted by Crippen LogP contribution is -2.72. The van der Waals surface area contributed by atoms with E-state index in [4.69, 9.17) is 4.55 Å². The molecule has 10 nitrogen and oxygen atoms in total. The van der Waals surface area contributed by atoms with Crippen molar-refractivity contribution in [3.8, 4) is 0 Å². The van der Waals surface area contributed by atoms with Gasteiger partial charge in [0.05, 0.1) is 43.1 Å². The first-order valence-electron chi connectivity index (χ1n) is 11.2. The molecule has 0 rings (SSSR count). The molecule has 0 aromatic heterocycles. The van der Waals surface area contributed by atoms with Gasteiger partial charge in [-0.05, 0) is 6.42 Å². The molecular formula is C17H25F13N2O8S3. The van der Waals surface area contributed by atoms with Crippen molar-refractivity contribution in [2.75, 3.05) is 51.8 Å². The van der Waals surface area contributed by atoms with E-state index in [-0.39, 0.29) is 17.4 Å². The van der Waals surface area contributed by atoms with Crippen LogP contribution in [0.1, 0.15) is 19.3 Å². The van der Waals surface area contributed by atoms with E-state index < -0.39 is 114 Å². The first kappa shape index (κ1) is 41.8. The third-order valence-corrected chi connectivity index (χ3v) is 9.25. The van der Waals surface area contributed by atoms with Crippen LogP contribution in [0.2, 0.25) is 0 Å². The van der Waals surface area contributed by atoms with Crippen LogP contribution in [-0.2, 0) is 30.3 Å². The topological polar surface area (TPSA) is 149 Å². The number of rotatable bonds is 18. The van der Waals surface area contributed by atoms with Gasteiger partial charge >= 0.3 is 35.1 Å². The van der Waals surface area contributed by atoms with Crippen molar-refractivity contribution in [3.05, 3.63) is 0 Å². The molecule has 0 aliphatic rings.